The number of Topliss-reactive ketones (excluding diaryl/α,β-unsaturated/α-hetero) is 1. The maximum atomic E-state index is 13.0. The first-order valence-corrected chi connectivity index (χ1v) is 11.0. The fraction of sp³-hybridized carbons (Fsp3) is 0.400. The number of benzene rings is 1. The Balaban J connectivity index is 2.00. The van der Waals surface area contributed by atoms with Gasteiger partial charge in [0.25, 0.3) is 11.7 Å². The van der Waals surface area contributed by atoms with Crippen molar-refractivity contribution in [3.63, 3.8) is 0 Å². The summed E-state index contributed by atoms with van der Waals surface area (Å²) in [5.74, 6) is -0.865. The Labute approximate surface area is 188 Å². The number of pyridine rings is 1. The second-order valence-electron chi connectivity index (χ2n) is 7.70. The lowest BCUT2D eigenvalue weighted by molar-refractivity contribution is -0.140. The number of unbranched alkanes of at least 4 members (excludes halogenated alkanes) is 2. The molecule has 1 amide bonds. The molecule has 7 nitrogen and oxygen atoms in total. The van der Waals surface area contributed by atoms with E-state index in [0.717, 1.165) is 19.3 Å². The number of aliphatic hydroxyl groups excluding tert-OH is 1. The van der Waals surface area contributed by atoms with Crippen LogP contribution in [0.2, 0.25) is 0 Å². The lowest BCUT2D eigenvalue weighted by Crippen LogP contribution is -2.31. The predicted octanol–water partition coefficient (Wildman–Crippen LogP) is 4.11. The molecule has 1 aromatic carbocycles. The minimum absolute atomic E-state index is 0.0711. The number of likely N-dealkylation sites (tertiary alicyclic amines) is 1. The second kappa shape index (κ2) is 11.4. The van der Waals surface area contributed by atoms with E-state index in [1.807, 2.05) is 24.3 Å². The van der Waals surface area contributed by atoms with Crippen LogP contribution in [-0.2, 0) is 14.3 Å². The van der Waals surface area contributed by atoms with Crippen LogP contribution in [0.5, 0.6) is 5.75 Å². The van der Waals surface area contributed by atoms with Crippen LogP contribution in [0.1, 0.15) is 49.8 Å². The van der Waals surface area contributed by atoms with Crippen molar-refractivity contribution >= 4 is 17.4 Å². The van der Waals surface area contributed by atoms with Gasteiger partial charge in [0.1, 0.15) is 11.5 Å². The van der Waals surface area contributed by atoms with E-state index in [-0.39, 0.29) is 11.3 Å². The summed E-state index contributed by atoms with van der Waals surface area (Å²) in [6, 6.07) is 9.89. The van der Waals surface area contributed by atoms with Gasteiger partial charge in [-0.2, -0.15) is 0 Å². The minimum atomic E-state index is -0.709. The smallest absolute Gasteiger partial charge is 0.295 e. The minimum Gasteiger partial charge on any atom is -0.507 e. The van der Waals surface area contributed by atoms with Gasteiger partial charge in [0.2, 0.25) is 0 Å². The van der Waals surface area contributed by atoms with Crippen molar-refractivity contribution in [3.05, 3.63) is 65.5 Å². The average Bonchev–Trinajstić information content (AvgIpc) is 3.07. The van der Waals surface area contributed by atoms with Crippen LogP contribution in [0, 0.1) is 0 Å². The SMILES string of the molecule is CCCCCOc1cccc(C2C(=C(O)c3ccncc3)C(=O)C(=O)N2CCCOC)c1. The third-order valence-corrected chi connectivity index (χ3v) is 5.43. The molecule has 0 spiro atoms. The predicted molar refractivity (Wildman–Crippen MR) is 121 cm³/mol. The Morgan fingerprint density at radius 2 is 1.88 bits per heavy atom. The van der Waals surface area contributed by atoms with Gasteiger partial charge in [0.15, 0.2) is 0 Å². The average molecular weight is 439 g/mol. The fourth-order valence-electron chi connectivity index (χ4n) is 3.82. The van der Waals surface area contributed by atoms with E-state index >= 15 is 0 Å². The number of aliphatic hydroxyl groups is 1. The molecule has 32 heavy (non-hydrogen) atoms. The van der Waals surface area contributed by atoms with Crippen LogP contribution >= 0.6 is 0 Å². The third-order valence-electron chi connectivity index (χ3n) is 5.43. The molecule has 1 unspecified atom stereocenters. The van der Waals surface area contributed by atoms with Crippen LogP contribution in [0.4, 0.5) is 0 Å². The first kappa shape index (κ1) is 23.5. The van der Waals surface area contributed by atoms with E-state index in [9.17, 15) is 14.7 Å². The first-order valence-electron chi connectivity index (χ1n) is 11.0. The van der Waals surface area contributed by atoms with Crippen molar-refractivity contribution in [2.45, 2.75) is 38.6 Å². The fourth-order valence-corrected chi connectivity index (χ4v) is 3.82. The van der Waals surface area contributed by atoms with Crippen LogP contribution < -0.4 is 4.74 Å². The number of ketones is 1. The van der Waals surface area contributed by atoms with Gasteiger partial charge in [-0.15, -0.1) is 0 Å². The Hall–Kier alpha value is -3.19. The molecular formula is C25H30N2O5. The highest BCUT2D eigenvalue weighted by Gasteiger charge is 2.45. The Kier molecular flexibility index (Phi) is 8.39. The van der Waals surface area contributed by atoms with E-state index < -0.39 is 17.7 Å². The molecule has 0 aliphatic carbocycles. The van der Waals surface area contributed by atoms with E-state index in [2.05, 4.69) is 11.9 Å². The molecule has 7 heteroatoms. The van der Waals surface area contributed by atoms with Crippen molar-refractivity contribution in [1.82, 2.24) is 9.88 Å². The van der Waals surface area contributed by atoms with E-state index in [1.54, 1.807) is 19.2 Å². The summed E-state index contributed by atoms with van der Waals surface area (Å²) in [6.45, 7) is 3.52. The molecule has 2 heterocycles. The zero-order valence-electron chi connectivity index (χ0n) is 18.6. The molecule has 2 aromatic rings. The molecular weight excluding hydrogens is 408 g/mol. The highest BCUT2D eigenvalue weighted by molar-refractivity contribution is 6.46. The number of hydrogen-bond acceptors (Lipinski definition) is 6. The van der Waals surface area contributed by atoms with Crippen molar-refractivity contribution in [1.29, 1.82) is 0 Å². The summed E-state index contributed by atoms with van der Waals surface area (Å²) in [4.78, 5) is 31.4. The van der Waals surface area contributed by atoms with Gasteiger partial charge < -0.3 is 19.5 Å². The van der Waals surface area contributed by atoms with Crippen molar-refractivity contribution in [3.8, 4) is 5.75 Å². The number of carbonyl (C=O) groups is 2. The Morgan fingerprint density at radius 1 is 1.09 bits per heavy atom. The number of hydrogen-bond donors (Lipinski definition) is 1. The zero-order valence-corrected chi connectivity index (χ0v) is 18.6. The molecule has 1 atom stereocenters. The van der Waals surface area contributed by atoms with Crippen molar-refractivity contribution in [2.75, 3.05) is 26.9 Å². The standard InChI is InChI=1S/C25H30N2O5/c1-3-4-5-16-32-20-9-6-8-19(17-20)22-21(23(28)18-10-12-26-13-11-18)24(29)25(30)27(22)14-7-15-31-2/h6,8-13,17,22,28H,3-5,7,14-16H2,1-2H3. The largest absolute Gasteiger partial charge is 0.507 e. The Morgan fingerprint density at radius 3 is 2.59 bits per heavy atom. The number of rotatable bonds is 11. The molecule has 1 aromatic heterocycles. The van der Waals surface area contributed by atoms with Crippen LogP contribution in [-0.4, -0.2) is 53.5 Å². The molecule has 0 saturated carbocycles. The van der Waals surface area contributed by atoms with Gasteiger partial charge in [-0.1, -0.05) is 31.9 Å². The number of amides is 1. The molecule has 1 fully saturated rings. The van der Waals surface area contributed by atoms with E-state index in [4.69, 9.17) is 9.47 Å². The lowest BCUT2D eigenvalue weighted by atomic mass is 9.95. The van der Waals surface area contributed by atoms with Gasteiger partial charge in [-0.25, -0.2) is 0 Å². The molecule has 1 aliphatic rings. The van der Waals surface area contributed by atoms with Crippen molar-refractivity contribution in [2.24, 2.45) is 0 Å². The molecule has 1 aliphatic heterocycles. The second-order valence-corrected chi connectivity index (χ2v) is 7.70. The Bertz CT molecular complexity index is 958. The summed E-state index contributed by atoms with van der Waals surface area (Å²) in [6.07, 6.45) is 6.79. The quantitative estimate of drug-likeness (QED) is 0.246. The summed E-state index contributed by atoms with van der Waals surface area (Å²) in [7, 11) is 1.59. The third kappa shape index (κ3) is 5.34. The maximum Gasteiger partial charge on any atom is 0.295 e. The summed E-state index contributed by atoms with van der Waals surface area (Å²) >= 11 is 0. The van der Waals surface area contributed by atoms with E-state index in [1.165, 1.54) is 17.3 Å². The summed E-state index contributed by atoms with van der Waals surface area (Å²) < 4.78 is 11.0. The maximum absolute atomic E-state index is 13.0. The van der Waals surface area contributed by atoms with Gasteiger partial charge >= 0.3 is 0 Å². The lowest BCUT2D eigenvalue weighted by Gasteiger charge is -2.25. The molecule has 0 bridgehead atoms. The van der Waals surface area contributed by atoms with Crippen LogP contribution in [0.15, 0.2) is 54.4 Å². The molecule has 1 N–H and O–H groups in total. The number of nitrogens with zero attached hydrogens (tertiary/aromatic N) is 2. The summed E-state index contributed by atoms with van der Waals surface area (Å²) in [5, 5.41) is 11.0. The van der Waals surface area contributed by atoms with Gasteiger partial charge in [-0.3, -0.25) is 14.6 Å². The molecule has 1 saturated heterocycles. The molecule has 0 radical (unpaired) electrons. The van der Waals surface area contributed by atoms with Gasteiger partial charge in [0.05, 0.1) is 18.2 Å². The van der Waals surface area contributed by atoms with Crippen LogP contribution in [0.25, 0.3) is 5.76 Å². The number of carbonyl (C=O) groups excluding carboxylic acids is 2. The number of methoxy groups -OCH3 is 1. The molecule has 3 rings (SSSR count). The monoisotopic (exact) mass is 438 g/mol. The number of aromatic nitrogens is 1. The first-order chi connectivity index (χ1) is 15.6. The number of ether oxygens (including phenoxy) is 2. The highest BCUT2D eigenvalue weighted by Crippen LogP contribution is 2.40. The summed E-state index contributed by atoms with van der Waals surface area (Å²) in [5.41, 5.74) is 1.22. The van der Waals surface area contributed by atoms with Gasteiger partial charge in [0, 0.05) is 38.2 Å². The van der Waals surface area contributed by atoms with Gasteiger partial charge in [-0.05, 0) is 42.7 Å². The normalized spacial score (nSPS) is 17.7. The topological polar surface area (TPSA) is 89.0 Å². The zero-order chi connectivity index (χ0) is 22.9. The van der Waals surface area contributed by atoms with Crippen LogP contribution in [0.3, 0.4) is 0 Å². The van der Waals surface area contributed by atoms with Crippen molar-refractivity contribution < 1.29 is 24.2 Å². The molecule has 170 valence electrons. The van der Waals surface area contributed by atoms with E-state index in [0.29, 0.717) is 43.1 Å². The highest BCUT2D eigenvalue weighted by atomic mass is 16.5.